The van der Waals surface area contributed by atoms with E-state index in [1.54, 1.807) is 0 Å². The summed E-state index contributed by atoms with van der Waals surface area (Å²) in [5.74, 6) is 0.253. The Kier molecular flexibility index (Phi) is 8.20. The van der Waals surface area contributed by atoms with Crippen molar-refractivity contribution in [2.45, 2.75) is 27.3 Å². The Morgan fingerprint density at radius 1 is 1.00 bits per heavy atom. The number of hydrogen-bond donors (Lipinski definition) is 3. The third-order valence-corrected chi connectivity index (χ3v) is 6.18. The number of rotatable bonds is 8. The highest BCUT2D eigenvalue weighted by molar-refractivity contribution is 5.93. The molecule has 0 aromatic heterocycles. The molecule has 0 bridgehead atoms. The van der Waals surface area contributed by atoms with E-state index < -0.39 is 0 Å². The van der Waals surface area contributed by atoms with Crippen molar-refractivity contribution in [2.24, 2.45) is 0 Å². The van der Waals surface area contributed by atoms with Crippen molar-refractivity contribution in [1.82, 2.24) is 4.90 Å². The van der Waals surface area contributed by atoms with Gasteiger partial charge in [0, 0.05) is 11.3 Å². The molecule has 3 N–H and O–H groups in total. The molecule has 6 heteroatoms. The maximum Gasteiger partial charge on any atom is 0.279 e. The number of para-hydroxylation sites is 1. The van der Waals surface area contributed by atoms with Gasteiger partial charge in [-0.15, -0.1) is 0 Å². The Balaban J connectivity index is 1.44. The minimum atomic E-state index is 0.0386. The first-order valence-electron chi connectivity index (χ1n) is 11.3. The number of aryl methyl sites for hydroxylation is 2. The molecule has 2 aromatic rings. The maximum absolute atomic E-state index is 12.8. The van der Waals surface area contributed by atoms with E-state index in [-0.39, 0.29) is 11.8 Å². The standard InChI is InChI=1S/C25H34N4O2/c1-4-27(17-22-11-6-5-7-12-22)19-24(31)29-15-13-28(14-16-29)18-23(30)26-25-20(2)9-8-10-21(25)3/h5-12H,4,13-19H2,1-3H3,(H,26,30)/p+2. The zero-order chi connectivity index (χ0) is 22.2. The topological polar surface area (TPSA) is 58.3 Å². The summed E-state index contributed by atoms with van der Waals surface area (Å²) in [7, 11) is 0. The summed E-state index contributed by atoms with van der Waals surface area (Å²) in [6, 6.07) is 16.4. The van der Waals surface area contributed by atoms with Gasteiger partial charge in [0.1, 0.15) is 6.54 Å². The normalized spacial score (nSPS) is 15.5. The van der Waals surface area contributed by atoms with Gasteiger partial charge in [0.15, 0.2) is 13.1 Å². The van der Waals surface area contributed by atoms with Crippen molar-refractivity contribution in [2.75, 3.05) is 51.1 Å². The summed E-state index contributed by atoms with van der Waals surface area (Å²) < 4.78 is 0. The van der Waals surface area contributed by atoms with Gasteiger partial charge in [-0.3, -0.25) is 9.59 Å². The predicted octanol–water partition coefficient (Wildman–Crippen LogP) is 0.0740. The van der Waals surface area contributed by atoms with E-state index in [9.17, 15) is 9.59 Å². The number of benzene rings is 2. The Morgan fingerprint density at radius 3 is 2.26 bits per heavy atom. The zero-order valence-corrected chi connectivity index (χ0v) is 19.0. The van der Waals surface area contributed by atoms with E-state index in [4.69, 9.17) is 0 Å². The largest absolute Gasteiger partial charge is 0.327 e. The summed E-state index contributed by atoms with van der Waals surface area (Å²) in [5, 5.41) is 3.07. The van der Waals surface area contributed by atoms with Gasteiger partial charge in [0.2, 0.25) is 0 Å². The van der Waals surface area contributed by atoms with E-state index in [1.165, 1.54) is 15.4 Å². The fraction of sp³-hybridized carbons (Fsp3) is 0.440. The van der Waals surface area contributed by atoms with Gasteiger partial charge < -0.3 is 20.0 Å². The van der Waals surface area contributed by atoms with Crippen LogP contribution in [0.4, 0.5) is 5.69 Å². The van der Waals surface area contributed by atoms with Crippen LogP contribution in [0.15, 0.2) is 48.5 Å². The summed E-state index contributed by atoms with van der Waals surface area (Å²) in [4.78, 5) is 29.8. The van der Waals surface area contributed by atoms with Crippen molar-refractivity contribution >= 4 is 17.5 Å². The smallest absolute Gasteiger partial charge is 0.279 e. The Labute approximate surface area is 185 Å². The minimum absolute atomic E-state index is 0.0386. The van der Waals surface area contributed by atoms with Crippen LogP contribution in [0, 0.1) is 13.8 Å². The molecule has 2 amide bonds. The Hall–Kier alpha value is -2.70. The van der Waals surface area contributed by atoms with Crippen LogP contribution in [0.2, 0.25) is 0 Å². The molecular formula is C25H36N4O2+2. The average molecular weight is 425 g/mol. The van der Waals surface area contributed by atoms with Gasteiger partial charge in [-0.25, -0.2) is 0 Å². The van der Waals surface area contributed by atoms with Crippen LogP contribution in [0.5, 0.6) is 0 Å². The molecule has 1 saturated heterocycles. The number of carbonyl (C=O) groups excluding carboxylic acids is 2. The molecule has 3 rings (SSSR count). The maximum atomic E-state index is 12.8. The van der Waals surface area contributed by atoms with Crippen molar-refractivity contribution in [3.63, 3.8) is 0 Å². The molecule has 1 aliphatic rings. The summed E-state index contributed by atoms with van der Waals surface area (Å²) in [6.07, 6.45) is 0. The van der Waals surface area contributed by atoms with Gasteiger partial charge in [0.25, 0.3) is 11.8 Å². The molecular weight excluding hydrogens is 388 g/mol. The number of nitrogens with zero attached hydrogens (tertiary/aromatic N) is 1. The second kappa shape index (κ2) is 11.1. The number of likely N-dealkylation sites (N-methyl/N-ethyl adjacent to an activating group) is 1. The van der Waals surface area contributed by atoms with Crippen molar-refractivity contribution in [3.8, 4) is 0 Å². The summed E-state index contributed by atoms with van der Waals surface area (Å²) in [5.41, 5.74) is 4.34. The third-order valence-electron chi connectivity index (χ3n) is 6.18. The monoisotopic (exact) mass is 424 g/mol. The number of quaternary nitrogens is 2. The quantitative estimate of drug-likeness (QED) is 0.562. The summed E-state index contributed by atoms with van der Waals surface area (Å²) >= 11 is 0. The van der Waals surface area contributed by atoms with Crippen LogP contribution < -0.4 is 15.1 Å². The Bertz CT molecular complexity index is 856. The lowest BCUT2D eigenvalue weighted by Gasteiger charge is -2.32. The zero-order valence-electron chi connectivity index (χ0n) is 19.0. The molecule has 1 atom stereocenters. The van der Waals surface area contributed by atoms with Gasteiger partial charge in [-0.1, -0.05) is 48.5 Å². The first kappa shape index (κ1) is 23.0. The van der Waals surface area contributed by atoms with Crippen LogP contribution in [0.25, 0.3) is 0 Å². The number of amides is 2. The molecule has 0 radical (unpaired) electrons. The molecule has 31 heavy (non-hydrogen) atoms. The fourth-order valence-electron chi connectivity index (χ4n) is 4.19. The SMILES string of the molecule is CC[NH+](CC(=O)N1CC[NH+](CC(=O)Nc2c(C)cccc2C)CC1)Cc1ccccc1. The number of anilines is 1. The minimum Gasteiger partial charge on any atom is -0.327 e. The Morgan fingerprint density at radius 2 is 1.65 bits per heavy atom. The molecule has 2 aromatic carbocycles. The number of piperazine rings is 1. The number of nitrogens with one attached hydrogen (secondary N) is 3. The molecule has 6 nitrogen and oxygen atoms in total. The van der Waals surface area contributed by atoms with E-state index >= 15 is 0 Å². The molecule has 0 spiro atoms. The second-order valence-electron chi connectivity index (χ2n) is 8.57. The highest BCUT2D eigenvalue weighted by Gasteiger charge is 2.27. The first-order valence-corrected chi connectivity index (χ1v) is 11.3. The van der Waals surface area contributed by atoms with Crippen LogP contribution in [0.1, 0.15) is 23.6 Å². The van der Waals surface area contributed by atoms with Gasteiger partial charge in [-0.2, -0.15) is 0 Å². The molecule has 1 aliphatic heterocycles. The predicted molar refractivity (Wildman–Crippen MR) is 123 cm³/mol. The highest BCUT2D eigenvalue weighted by Crippen LogP contribution is 2.18. The second-order valence-corrected chi connectivity index (χ2v) is 8.57. The lowest BCUT2D eigenvalue weighted by atomic mass is 10.1. The van der Waals surface area contributed by atoms with E-state index in [2.05, 4.69) is 24.4 Å². The lowest BCUT2D eigenvalue weighted by molar-refractivity contribution is -0.905. The molecule has 166 valence electrons. The lowest BCUT2D eigenvalue weighted by Crippen LogP contribution is -3.16. The molecule has 0 aliphatic carbocycles. The van der Waals surface area contributed by atoms with Crippen LogP contribution >= 0.6 is 0 Å². The van der Waals surface area contributed by atoms with Crippen LogP contribution in [0.3, 0.4) is 0 Å². The van der Waals surface area contributed by atoms with E-state index in [0.29, 0.717) is 26.2 Å². The fourth-order valence-corrected chi connectivity index (χ4v) is 4.19. The molecule has 1 unspecified atom stereocenters. The molecule has 0 saturated carbocycles. The van der Waals surface area contributed by atoms with Crippen LogP contribution in [-0.4, -0.2) is 62.5 Å². The molecule has 1 heterocycles. The summed E-state index contributed by atoms with van der Waals surface area (Å²) in [6.45, 7) is 12.0. The van der Waals surface area contributed by atoms with Crippen molar-refractivity contribution < 1.29 is 19.4 Å². The van der Waals surface area contributed by atoms with E-state index in [1.807, 2.05) is 55.1 Å². The molecule has 1 fully saturated rings. The van der Waals surface area contributed by atoms with E-state index in [0.717, 1.165) is 43.0 Å². The van der Waals surface area contributed by atoms with Gasteiger partial charge in [-0.05, 0) is 31.9 Å². The van der Waals surface area contributed by atoms with Crippen molar-refractivity contribution in [3.05, 3.63) is 65.2 Å². The van der Waals surface area contributed by atoms with Gasteiger partial charge in [0.05, 0.1) is 32.7 Å². The highest BCUT2D eigenvalue weighted by atomic mass is 16.2. The van der Waals surface area contributed by atoms with Gasteiger partial charge >= 0.3 is 0 Å². The number of carbonyl (C=O) groups is 2. The average Bonchev–Trinajstić information content (AvgIpc) is 2.77. The third kappa shape index (κ3) is 6.64. The van der Waals surface area contributed by atoms with Crippen LogP contribution in [-0.2, 0) is 16.1 Å². The van der Waals surface area contributed by atoms with Crippen molar-refractivity contribution in [1.29, 1.82) is 0 Å². The first-order chi connectivity index (χ1) is 15.0. The number of hydrogen-bond acceptors (Lipinski definition) is 2.